The van der Waals surface area contributed by atoms with E-state index in [1.54, 1.807) is 6.07 Å². The van der Waals surface area contributed by atoms with E-state index in [1.165, 1.54) is 4.90 Å². The summed E-state index contributed by atoms with van der Waals surface area (Å²) in [6.07, 6.45) is -0.906. The molecule has 3 aliphatic rings. The number of carbonyl (C=O) groups is 1. The molecule has 0 aliphatic carbocycles. The largest absolute Gasteiger partial charge is 0.444 e. The first-order chi connectivity index (χ1) is 15.0. The van der Waals surface area contributed by atoms with Gasteiger partial charge in [0.05, 0.1) is 43.0 Å². The van der Waals surface area contributed by atoms with Crippen molar-refractivity contribution in [1.29, 1.82) is 0 Å². The lowest BCUT2D eigenvalue weighted by molar-refractivity contribution is -0.0445. The number of hydrogen-bond acceptors (Lipinski definition) is 8. The number of aromatic nitrogens is 1. The summed E-state index contributed by atoms with van der Waals surface area (Å²) in [5, 5.41) is 4.41. The Hall–Kier alpha value is -2.43. The number of anilines is 2. The average Bonchev–Trinajstić information content (AvgIpc) is 3.46. The number of fused-ring (bicyclic) bond motifs is 1. The Labute approximate surface area is 178 Å². The first-order valence-electron chi connectivity index (χ1n) is 10.7. The van der Waals surface area contributed by atoms with E-state index in [0.29, 0.717) is 55.9 Å². The molecule has 0 spiro atoms. The summed E-state index contributed by atoms with van der Waals surface area (Å²) >= 11 is 0. The molecule has 0 saturated carbocycles. The van der Waals surface area contributed by atoms with Crippen LogP contribution in [0.3, 0.4) is 0 Å². The van der Waals surface area contributed by atoms with Crippen molar-refractivity contribution in [3.63, 3.8) is 0 Å². The Balaban J connectivity index is 1.63. The Morgan fingerprint density at radius 2 is 1.87 bits per heavy atom. The second-order valence-corrected chi connectivity index (χ2v) is 8.27. The van der Waals surface area contributed by atoms with Gasteiger partial charge in [-0.3, -0.25) is 4.90 Å². The highest BCUT2D eigenvalue weighted by atomic mass is 19.1. The van der Waals surface area contributed by atoms with E-state index in [2.05, 4.69) is 5.16 Å². The second kappa shape index (κ2) is 7.92. The van der Waals surface area contributed by atoms with Gasteiger partial charge in [0, 0.05) is 18.7 Å². The maximum Gasteiger partial charge on any atom is 0.416 e. The number of hydrogen-bond donors (Lipinski definition) is 0. The fourth-order valence-electron chi connectivity index (χ4n) is 4.54. The van der Waals surface area contributed by atoms with Crippen LogP contribution in [0.4, 0.5) is 20.7 Å². The lowest BCUT2D eigenvalue weighted by Crippen LogP contribution is -2.46. The molecule has 1 aromatic carbocycles. The molecule has 168 valence electrons. The Morgan fingerprint density at radius 3 is 2.52 bits per heavy atom. The summed E-state index contributed by atoms with van der Waals surface area (Å²) in [4.78, 5) is 15.7. The number of benzene rings is 1. The smallest absolute Gasteiger partial charge is 0.416 e. The molecule has 0 bridgehead atoms. The van der Waals surface area contributed by atoms with Crippen molar-refractivity contribution in [3.8, 4) is 0 Å². The summed E-state index contributed by atoms with van der Waals surface area (Å²) in [5.41, 5.74) is 0.902. The van der Waals surface area contributed by atoms with Gasteiger partial charge < -0.3 is 28.4 Å². The molecule has 31 heavy (non-hydrogen) atoms. The van der Waals surface area contributed by atoms with Gasteiger partial charge in [-0.2, -0.15) is 0 Å². The van der Waals surface area contributed by atoms with Gasteiger partial charge in [-0.05, 0) is 26.3 Å². The lowest BCUT2D eigenvalue weighted by atomic mass is 10.0. The van der Waals surface area contributed by atoms with Gasteiger partial charge in [-0.25, -0.2) is 9.18 Å². The Bertz CT molecular complexity index is 981. The predicted molar refractivity (Wildman–Crippen MR) is 109 cm³/mol. The van der Waals surface area contributed by atoms with Gasteiger partial charge in [0.2, 0.25) is 5.58 Å². The van der Waals surface area contributed by atoms with Crippen LogP contribution in [0.25, 0.3) is 11.0 Å². The predicted octanol–water partition coefficient (Wildman–Crippen LogP) is 3.36. The van der Waals surface area contributed by atoms with Gasteiger partial charge in [0.1, 0.15) is 6.10 Å². The molecule has 0 N–H and O–H groups in total. The number of morpholine rings is 1. The van der Waals surface area contributed by atoms with Gasteiger partial charge >= 0.3 is 6.09 Å². The SMILES string of the molecule is CC[C@@H]1CN(c2noc3c(F)c(N4C[C@@H](C)O[C@@H](C)C4)c(C4OCCO4)cc23)C(=O)O1. The first-order valence-corrected chi connectivity index (χ1v) is 10.7. The van der Waals surface area contributed by atoms with E-state index in [4.69, 9.17) is 23.5 Å². The molecule has 3 fully saturated rings. The van der Waals surface area contributed by atoms with E-state index in [9.17, 15) is 4.79 Å². The molecule has 1 aromatic heterocycles. The van der Waals surface area contributed by atoms with Crippen molar-refractivity contribution in [2.75, 3.05) is 42.6 Å². The van der Waals surface area contributed by atoms with Gasteiger partial charge in [0.15, 0.2) is 17.9 Å². The first kappa shape index (κ1) is 20.5. The topological polar surface area (TPSA) is 86.5 Å². The standard InChI is InChI=1S/C21H26FN3O6/c1-4-13-10-25(21(26)30-13)19-15-7-14(20-27-5-6-28-20)17(16(22)18(15)31-23-19)24-8-11(2)29-12(3)9-24/h7,11-13,20H,4-6,8-10H2,1-3H3/t11-,12+,13-/m1/s1. The van der Waals surface area contributed by atoms with E-state index < -0.39 is 18.2 Å². The summed E-state index contributed by atoms with van der Waals surface area (Å²) < 4.78 is 43.9. The molecule has 9 nitrogen and oxygen atoms in total. The third-order valence-electron chi connectivity index (χ3n) is 5.89. The van der Waals surface area contributed by atoms with Crippen LogP contribution >= 0.6 is 0 Å². The van der Waals surface area contributed by atoms with Crippen LogP contribution in [-0.2, 0) is 18.9 Å². The number of halogens is 1. The van der Waals surface area contributed by atoms with E-state index in [1.807, 2.05) is 25.7 Å². The molecule has 3 aliphatic heterocycles. The molecule has 1 amide bonds. The van der Waals surface area contributed by atoms with Crippen LogP contribution in [0.2, 0.25) is 0 Å². The molecule has 3 saturated heterocycles. The highest BCUT2D eigenvalue weighted by Gasteiger charge is 2.37. The van der Waals surface area contributed by atoms with Gasteiger partial charge in [-0.1, -0.05) is 12.1 Å². The van der Waals surface area contributed by atoms with Crippen LogP contribution in [0, 0.1) is 5.82 Å². The number of rotatable bonds is 4. The van der Waals surface area contributed by atoms with Crippen LogP contribution < -0.4 is 9.80 Å². The highest BCUT2D eigenvalue weighted by molar-refractivity contribution is 6.00. The van der Waals surface area contributed by atoms with E-state index in [-0.39, 0.29) is 29.7 Å². The van der Waals surface area contributed by atoms with Gasteiger partial charge in [0.25, 0.3) is 0 Å². The van der Waals surface area contributed by atoms with Crippen LogP contribution in [0.1, 0.15) is 39.0 Å². The minimum Gasteiger partial charge on any atom is -0.444 e. The van der Waals surface area contributed by atoms with Crippen molar-refractivity contribution in [2.45, 2.75) is 51.8 Å². The maximum absolute atomic E-state index is 15.9. The van der Waals surface area contributed by atoms with Crippen LogP contribution in [0.5, 0.6) is 0 Å². The maximum atomic E-state index is 15.9. The monoisotopic (exact) mass is 435 g/mol. The average molecular weight is 435 g/mol. The number of amides is 1. The minimum absolute atomic E-state index is 0.00806. The third kappa shape index (κ3) is 3.52. The zero-order chi connectivity index (χ0) is 21.7. The highest BCUT2D eigenvalue weighted by Crippen LogP contribution is 2.42. The molecule has 3 atom stereocenters. The molecular formula is C21H26FN3O6. The molecule has 0 radical (unpaired) electrons. The molecule has 5 rings (SSSR count). The number of ether oxygens (including phenoxy) is 4. The fourth-order valence-corrected chi connectivity index (χ4v) is 4.54. The quantitative estimate of drug-likeness (QED) is 0.723. The summed E-state index contributed by atoms with van der Waals surface area (Å²) in [5.74, 6) is -0.310. The zero-order valence-electron chi connectivity index (χ0n) is 17.8. The van der Waals surface area contributed by atoms with Gasteiger partial charge in [-0.15, -0.1) is 0 Å². The van der Waals surface area contributed by atoms with Crippen molar-refractivity contribution < 1.29 is 32.7 Å². The molecular weight excluding hydrogens is 409 g/mol. The molecule has 4 heterocycles. The summed E-state index contributed by atoms with van der Waals surface area (Å²) in [6.45, 7) is 8.07. The number of nitrogens with zero attached hydrogens (tertiary/aromatic N) is 3. The Kier molecular flexibility index (Phi) is 5.23. The second-order valence-electron chi connectivity index (χ2n) is 8.27. The van der Waals surface area contributed by atoms with Crippen molar-refractivity contribution in [2.24, 2.45) is 0 Å². The molecule has 2 aromatic rings. The minimum atomic E-state index is -0.709. The van der Waals surface area contributed by atoms with E-state index >= 15 is 4.39 Å². The van der Waals surface area contributed by atoms with Crippen molar-refractivity contribution >= 4 is 28.6 Å². The summed E-state index contributed by atoms with van der Waals surface area (Å²) in [7, 11) is 0. The number of cyclic esters (lactones) is 1. The number of carbonyl (C=O) groups excluding carboxylic acids is 1. The molecule has 10 heteroatoms. The molecule has 0 unspecified atom stereocenters. The fraction of sp³-hybridized carbons (Fsp3) is 0.619. The lowest BCUT2D eigenvalue weighted by Gasteiger charge is -2.38. The summed E-state index contributed by atoms with van der Waals surface area (Å²) in [6, 6.07) is 1.76. The van der Waals surface area contributed by atoms with E-state index in [0.717, 1.165) is 0 Å². The van der Waals surface area contributed by atoms with Crippen molar-refractivity contribution in [1.82, 2.24) is 5.16 Å². The van der Waals surface area contributed by atoms with Crippen molar-refractivity contribution in [3.05, 3.63) is 17.4 Å². The third-order valence-corrected chi connectivity index (χ3v) is 5.89. The van der Waals surface area contributed by atoms with Crippen LogP contribution in [-0.4, -0.2) is 62.4 Å². The van der Waals surface area contributed by atoms with Crippen LogP contribution in [0.15, 0.2) is 10.6 Å². The normalized spacial score (nSPS) is 27.5. The zero-order valence-corrected chi connectivity index (χ0v) is 17.8. The Morgan fingerprint density at radius 1 is 1.16 bits per heavy atom.